The van der Waals surface area contributed by atoms with Crippen LogP contribution in [0.2, 0.25) is 0 Å². The molecule has 7 nitrogen and oxygen atoms in total. The van der Waals surface area contributed by atoms with Crippen molar-refractivity contribution in [3.8, 4) is 5.75 Å². The molecule has 2 aliphatic heterocycles. The summed E-state index contributed by atoms with van der Waals surface area (Å²) in [4.78, 5) is 40.4. The molecule has 4 atom stereocenters. The van der Waals surface area contributed by atoms with Crippen LogP contribution in [0.15, 0.2) is 54.6 Å². The molecule has 3 N–H and O–H groups in total. The average molecular weight is 408 g/mol. The summed E-state index contributed by atoms with van der Waals surface area (Å²) in [5.41, 5.74) is -0.345. The number of carboxylic acid groups (broad SMARTS) is 1. The van der Waals surface area contributed by atoms with E-state index in [1.807, 2.05) is 37.3 Å². The number of imide groups is 1. The summed E-state index contributed by atoms with van der Waals surface area (Å²) < 4.78 is 0. The van der Waals surface area contributed by atoms with Gasteiger partial charge in [0.2, 0.25) is 11.8 Å². The number of benzene rings is 2. The first-order chi connectivity index (χ1) is 14.4. The molecular weight excluding hydrogens is 384 g/mol. The minimum Gasteiger partial charge on any atom is -0.508 e. The van der Waals surface area contributed by atoms with Crippen LogP contribution in [0.4, 0.5) is 0 Å². The molecular formula is C23H24N2O5. The maximum Gasteiger partial charge on any atom is 0.324 e. The highest BCUT2D eigenvalue weighted by molar-refractivity contribution is 6.09. The normalized spacial score (nSPS) is 28.0. The number of phenols is 1. The lowest BCUT2D eigenvalue weighted by atomic mass is 9.77. The second-order valence-corrected chi connectivity index (χ2v) is 7.96. The largest absolute Gasteiger partial charge is 0.508 e. The standard InChI is InChI=1S/C23H24N2O5/c1-2-12-23(22(29)30)18-17(19(24-23)15-10-6-7-11-16(15)26)20(27)25(21(18)28)13-14-8-4-3-5-9-14/h3-11,17-19,24,26H,2,12-13H2,1H3,(H,29,30)/t17-,18+,19-,23+/m1/s1. The first-order valence-corrected chi connectivity index (χ1v) is 10.1. The van der Waals surface area contributed by atoms with E-state index >= 15 is 0 Å². The maximum atomic E-state index is 13.4. The van der Waals surface area contributed by atoms with E-state index in [0.717, 1.165) is 5.56 Å². The molecule has 7 heteroatoms. The highest BCUT2D eigenvalue weighted by atomic mass is 16.4. The molecule has 0 aliphatic carbocycles. The van der Waals surface area contributed by atoms with Crippen molar-refractivity contribution < 1.29 is 24.6 Å². The zero-order chi connectivity index (χ0) is 21.5. The minimum atomic E-state index is -1.56. The zero-order valence-electron chi connectivity index (χ0n) is 16.6. The highest BCUT2D eigenvalue weighted by Gasteiger charge is 2.68. The van der Waals surface area contributed by atoms with Gasteiger partial charge < -0.3 is 10.2 Å². The van der Waals surface area contributed by atoms with Gasteiger partial charge >= 0.3 is 5.97 Å². The van der Waals surface area contributed by atoms with E-state index in [4.69, 9.17) is 0 Å². The summed E-state index contributed by atoms with van der Waals surface area (Å²) >= 11 is 0. The molecule has 2 aliphatic rings. The van der Waals surface area contributed by atoms with Crippen LogP contribution in [0.1, 0.15) is 36.9 Å². The second kappa shape index (κ2) is 7.57. The van der Waals surface area contributed by atoms with E-state index in [0.29, 0.717) is 12.0 Å². The number of nitrogens with one attached hydrogen (secondary N) is 1. The summed E-state index contributed by atoms with van der Waals surface area (Å²) in [6.45, 7) is 1.94. The first kappa shape index (κ1) is 20.1. The molecule has 0 spiro atoms. The number of amides is 2. The number of hydrogen-bond acceptors (Lipinski definition) is 5. The fourth-order valence-corrected chi connectivity index (χ4v) is 4.93. The molecule has 2 fully saturated rings. The van der Waals surface area contributed by atoms with E-state index in [2.05, 4.69) is 5.32 Å². The molecule has 2 aromatic carbocycles. The van der Waals surface area contributed by atoms with Crippen molar-refractivity contribution in [2.45, 2.75) is 37.9 Å². The number of rotatable bonds is 6. The molecule has 0 aromatic heterocycles. The van der Waals surface area contributed by atoms with Gasteiger partial charge in [0.05, 0.1) is 18.4 Å². The predicted octanol–water partition coefficient (Wildman–Crippen LogP) is 2.46. The number of carboxylic acids is 1. The Morgan fingerprint density at radius 1 is 1.07 bits per heavy atom. The van der Waals surface area contributed by atoms with Crippen molar-refractivity contribution >= 4 is 17.8 Å². The molecule has 156 valence electrons. The van der Waals surface area contributed by atoms with Crippen LogP contribution in [0.5, 0.6) is 5.75 Å². The quantitative estimate of drug-likeness (QED) is 0.634. The number of hydrogen-bond donors (Lipinski definition) is 3. The smallest absolute Gasteiger partial charge is 0.324 e. The third-order valence-electron chi connectivity index (χ3n) is 6.23. The van der Waals surface area contributed by atoms with Crippen LogP contribution < -0.4 is 5.32 Å². The summed E-state index contributed by atoms with van der Waals surface area (Å²) in [5, 5.41) is 23.6. The van der Waals surface area contributed by atoms with Gasteiger partial charge in [0.25, 0.3) is 0 Å². The van der Waals surface area contributed by atoms with Crippen molar-refractivity contribution in [1.29, 1.82) is 0 Å². The number of fused-ring (bicyclic) bond motifs is 1. The SMILES string of the molecule is CCC[C@]1(C(=O)O)N[C@H](c2ccccc2O)[C@@H]2C(=O)N(Cc3ccccc3)C(=O)[C@H]21. The highest BCUT2D eigenvalue weighted by Crippen LogP contribution is 2.51. The number of carbonyl (C=O) groups is 3. The predicted molar refractivity (Wildman–Crippen MR) is 108 cm³/mol. The monoisotopic (exact) mass is 408 g/mol. The van der Waals surface area contributed by atoms with Gasteiger partial charge in [-0.25, -0.2) is 0 Å². The van der Waals surface area contributed by atoms with E-state index in [9.17, 15) is 24.6 Å². The van der Waals surface area contributed by atoms with E-state index < -0.39 is 41.2 Å². The fourth-order valence-electron chi connectivity index (χ4n) is 4.93. The molecule has 0 saturated carbocycles. The Balaban J connectivity index is 1.80. The maximum absolute atomic E-state index is 13.4. The summed E-state index contributed by atoms with van der Waals surface area (Å²) in [6, 6.07) is 14.9. The number of para-hydroxylation sites is 1. The molecule has 2 aromatic rings. The number of phenolic OH excluding ortho intramolecular Hbond substituents is 1. The van der Waals surface area contributed by atoms with Crippen LogP contribution in [-0.2, 0) is 20.9 Å². The van der Waals surface area contributed by atoms with Crippen molar-refractivity contribution in [2.75, 3.05) is 0 Å². The number of aromatic hydroxyl groups is 1. The lowest BCUT2D eigenvalue weighted by molar-refractivity contribution is -0.152. The number of likely N-dealkylation sites (tertiary alicyclic amines) is 1. The van der Waals surface area contributed by atoms with Crippen molar-refractivity contribution in [1.82, 2.24) is 10.2 Å². The molecule has 0 radical (unpaired) electrons. The minimum absolute atomic E-state index is 0.0341. The molecule has 2 amide bonds. The molecule has 2 heterocycles. The van der Waals surface area contributed by atoms with Gasteiger partial charge in [-0.2, -0.15) is 0 Å². The van der Waals surface area contributed by atoms with Crippen molar-refractivity contribution in [2.24, 2.45) is 11.8 Å². The van der Waals surface area contributed by atoms with Gasteiger partial charge in [0.1, 0.15) is 11.3 Å². The van der Waals surface area contributed by atoms with Gasteiger partial charge in [0.15, 0.2) is 0 Å². The van der Waals surface area contributed by atoms with Crippen LogP contribution in [0, 0.1) is 11.8 Å². The lowest BCUT2D eigenvalue weighted by Gasteiger charge is -2.31. The topological polar surface area (TPSA) is 107 Å². The number of aliphatic carboxylic acids is 1. The third-order valence-corrected chi connectivity index (χ3v) is 6.23. The van der Waals surface area contributed by atoms with Crippen LogP contribution in [-0.4, -0.2) is 38.4 Å². The number of carbonyl (C=O) groups excluding carboxylic acids is 2. The first-order valence-electron chi connectivity index (χ1n) is 10.1. The fraction of sp³-hybridized carbons (Fsp3) is 0.348. The van der Waals surface area contributed by atoms with Gasteiger partial charge in [-0.05, 0) is 18.1 Å². The summed E-state index contributed by atoms with van der Waals surface area (Å²) in [7, 11) is 0. The Labute approximate surface area is 174 Å². The van der Waals surface area contributed by atoms with Crippen molar-refractivity contribution in [3.05, 3.63) is 65.7 Å². The van der Waals surface area contributed by atoms with Gasteiger partial charge in [-0.3, -0.25) is 24.6 Å². The molecule has 0 unspecified atom stereocenters. The summed E-state index contributed by atoms with van der Waals surface area (Å²) in [5.74, 6) is -4.00. The Kier molecular flexibility index (Phi) is 5.07. The Hall–Kier alpha value is -3.19. The third kappa shape index (κ3) is 2.97. The molecule has 0 bridgehead atoms. The van der Waals surface area contributed by atoms with Crippen molar-refractivity contribution in [3.63, 3.8) is 0 Å². The Bertz CT molecular complexity index is 992. The van der Waals surface area contributed by atoms with Crippen LogP contribution >= 0.6 is 0 Å². The second-order valence-electron chi connectivity index (χ2n) is 7.96. The summed E-state index contributed by atoms with van der Waals surface area (Å²) in [6.07, 6.45) is 0.724. The van der Waals surface area contributed by atoms with Crippen LogP contribution in [0.25, 0.3) is 0 Å². The van der Waals surface area contributed by atoms with E-state index in [1.54, 1.807) is 18.2 Å². The van der Waals surface area contributed by atoms with Gasteiger partial charge in [-0.1, -0.05) is 61.9 Å². The molecule has 30 heavy (non-hydrogen) atoms. The Morgan fingerprint density at radius 3 is 2.37 bits per heavy atom. The van der Waals surface area contributed by atoms with E-state index in [1.165, 1.54) is 11.0 Å². The zero-order valence-corrected chi connectivity index (χ0v) is 16.6. The van der Waals surface area contributed by atoms with Gasteiger partial charge in [-0.15, -0.1) is 0 Å². The average Bonchev–Trinajstić information content (AvgIpc) is 3.20. The Morgan fingerprint density at radius 2 is 1.73 bits per heavy atom. The van der Waals surface area contributed by atoms with E-state index in [-0.39, 0.29) is 18.7 Å². The van der Waals surface area contributed by atoms with Gasteiger partial charge in [0, 0.05) is 11.6 Å². The molecule has 4 rings (SSSR count). The number of nitrogens with zero attached hydrogens (tertiary/aromatic N) is 1. The van der Waals surface area contributed by atoms with Crippen LogP contribution in [0.3, 0.4) is 0 Å². The lowest BCUT2D eigenvalue weighted by Crippen LogP contribution is -2.55. The molecule has 2 saturated heterocycles.